The van der Waals surface area contributed by atoms with Crippen LogP contribution in [0.15, 0.2) is 243 Å². The van der Waals surface area contributed by atoms with Crippen molar-refractivity contribution in [3.05, 3.63) is 288 Å². The maximum absolute atomic E-state index is 13.0. The summed E-state index contributed by atoms with van der Waals surface area (Å²) in [7, 11) is 0. The van der Waals surface area contributed by atoms with Gasteiger partial charge < -0.3 is 9.67 Å². The van der Waals surface area contributed by atoms with Crippen LogP contribution in [0.3, 0.4) is 0 Å². The zero-order valence-corrected chi connectivity index (χ0v) is 35.4. The molecule has 8 aromatic carbocycles. The summed E-state index contributed by atoms with van der Waals surface area (Å²) in [6, 6.07) is 76.3. The Labute approximate surface area is 369 Å². The fourth-order valence-electron chi connectivity index (χ4n) is 9.72. The molecule has 10 rings (SSSR count). The maximum Gasteiger partial charge on any atom is 0.138 e. The highest BCUT2D eigenvalue weighted by Gasteiger charge is 2.43. The van der Waals surface area contributed by atoms with Crippen molar-refractivity contribution in [3.63, 3.8) is 0 Å². The average molecular weight is 817 g/mol. The van der Waals surface area contributed by atoms with Crippen LogP contribution < -0.4 is 0 Å². The van der Waals surface area contributed by atoms with E-state index in [-0.39, 0.29) is 5.92 Å². The zero-order chi connectivity index (χ0) is 42.9. The van der Waals surface area contributed by atoms with Crippen molar-refractivity contribution in [1.82, 2.24) is 19.3 Å². The second-order valence-corrected chi connectivity index (χ2v) is 16.7. The van der Waals surface area contributed by atoms with Gasteiger partial charge in [0.2, 0.25) is 0 Å². The summed E-state index contributed by atoms with van der Waals surface area (Å²) in [5, 5.41) is 20.2. The standard InChI is InChI=1S/C58H48N4O/c1-43(2)58(63,55-41-61(42-59-55)56(48-21-9-3-10-22-48,49-23-11-4-12-24-49)50-25-13-5-14-26-50)54-36-35-44-37-45(33-34-46(44)38-54)47-39-60-62(40-47)57(51-27-15-6-16-28-51,52-29-17-7-18-30-52)53-31-19-8-20-32-53/h3-43,63H,1-2H3. The molecule has 0 aliphatic heterocycles. The van der Waals surface area contributed by atoms with Gasteiger partial charge in [0, 0.05) is 18.0 Å². The molecule has 2 aromatic heterocycles. The van der Waals surface area contributed by atoms with Gasteiger partial charge in [-0.2, -0.15) is 5.10 Å². The summed E-state index contributed by atoms with van der Waals surface area (Å²) in [5.41, 5.74) is 7.26. The van der Waals surface area contributed by atoms with Crippen LogP contribution in [0.4, 0.5) is 0 Å². The topological polar surface area (TPSA) is 55.9 Å². The van der Waals surface area contributed by atoms with E-state index < -0.39 is 16.7 Å². The molecule has 5 heteroatoms. The molecule has 0 amide bonds. The number of benzene rings is 8. The third-order valence-electron chi connectivity index (χ3n) is 12.9. The molecule has 0 bridgehead atoms. The number of aromatic nitrogens is 4. The van der Waals surface area contributed by atoms with Crippen LogP contribution in [0.2, 0.25) is 0 Å². The molecular weight excluding hydrogens is 769 g/mol. The summed E-state index contributed by atoms with van der Waals surface area (Å²) in [5.74, 6) is -0.193. The van der Waals surface area contributed by atoms with E-state index in [9.17, 15) is 5.11 Å². The Bertz CT molecular complexity index is 2900. The molecule has 0 aliphatic carbocycles. The summed E-state index contributed by atoms with van der Waals surface area (Å²) in [6.07, 6.45) is 8.05. The van der Waals surface area contributed by atoms with Gasteiger partial charge in [-0.15, -0.1) is 0 Å². The fraction of sp³-hybridized carbons (Fsp3) is 0.103. The van der Waals surface area contributed by atoms with Crippen molar-refractivity contribution in [2.24, 2.45) is 5.92 Å². The normalized spacial score (nSPS) is 13.0. The Morgan fingerprint density at radius 3 is 1.29 bits per heavy atom. The highest BCUT2D eigenvalue weighted by atomic mass is 16.3. The van der Waals surface area contributed by atoms with Gasteiger partial charge in [-0.05, 0) is 73.3 Å². The van der Waals surface area contributed by atoms with E-state index >= 15 is 0 Å². The lowest BCUT2D eigenvalue weighted by Gasteiger charge is -2.37. The summed E-state index contributed by atoms with van der Waals surface area (Å²) in [6.45, 7) is 4.12. The Kier molecular flexibility index (Phi) is 10.3. The van der Waals surface area contributed by atoms with Gasteiger partial charge in [0.25, 0.3) is 0 Å². The van der Waals surface area contributed by atoms with Crippen molar-refractivity contribution in [2.75, 3.05) is 0 Å². The molecule has 0 spiro atoms. The zero-order valence-electron chi connectivity index (χ0n) is 35.4. The van der Waals surface area contributed by atoms with E-state index in [1.165, 1.54) is 0 Å². The number of rotatable bonds is 12. The van der Waals surface area contributed by atoms with Gasteiger partial charge in [-0.3, -0.25) is 4.68 Å². The fourth-order valence-corrected chi connectivity index (χ4v) is 9.72. The number of nitrogens with zero attached hydrogens (tertiary/aromatic N) is 4. The van der Waals surface area contributed by atoms with Gasteiger partial charge in [0.1, 0.15) is 16.7 Å². The van der Waals surface area contributed by atoms with E-state index in [0.29, 0.717) is 5.69 Å². The molecule has 5 nitrogen and oxygen atoms in total. The van der Waals surface area contributed by atoms with Crippen LogP contribution in [0.1, 0.15) is 58.5 Å². The number of hydrogen-bond donors (Lipinski definition) is 1. The van der Waals surface area contributed by atoms with Crippen LogP contribution in [0, 0.1) is 5.92 Å². The number of hydrogen-bond acceptors (Lipinski definition) is 3. The second kappa shape index (κ2) is 16.4. The lowest BCUT2D eigenvalue weighted by Crippen LogP contribution is -2.38. The smallest absolute Gasteiger partial charge is 0.138 e. The molecular formula is C58H48N4O. The minimum absolute atomic E-state index is 0.193. The Morgan fingerprint density at radius 2 is 0.841 bits per heavy atom. The first-order valence-corrected chi connectivity index (χ1v) is 21.6. The number of fused-ring (bicyclic) bond motifs is 1. The largest absolute Gasteiger partial charge is 0.378 e. The van der Waals surface area contributed by atoms with Gasteiger partial charge >= 0.3 is 0 Å². The number of aliphatic hydroxyl groups is 1. The summed E-state index contributed by atoms with van der Waals surface area (Å²) < 4.78 is 4.28. The van der Waals surface area contributed by atoms with Crippen LogP contribution in [0.25, 0.3) is 21.9 Å². The van der Waals surface area contributed by atoms with E-state index in [1.54, 1.807) is 0 Å². The van der Waals surface area contributed by atoms with Crippen LogP contribution in [-0.2, 0) is 16.7 Å². The van der Waals surface area contributed by atoms with Crippen LogP contribution in [-0.4, -0.2) is 24.4 Å². The summed E-state index contributed by atoms with van der Waals surface area (Å²) in [4.78, 5) is 5.05. The lowest BCUT2D eigenvalue weighted by atomic mass is 9.76. The quantitative estimate of drug-likeness (QED) is 0.125. The van der Waals surface area contributed by atoms with Gasteiger partial charge in [0.05, 0.1) is 18.2 Å². The molecule has 63 heavy (non-hydrogen) atoms. The van der Waals surface area contributed by atoms with Crippen molar-refractivity contribution in [2.45, 2.75) is 30.5 Å². The van der Waals surface area contributed by atoms with E-state index in [4.69, 9.17) is 10.1 Å². The Hall–Kier alpha value is -7.60. The van der Waals surface area contributed by atoms with Crippen molar-refractivity contribution in [3.8, 4) is 11.1 Å². The predicted molar refractivity (Wildman–Crippen MR) is 254 cm³/mol. The molecule has 10 aromatic rings. The molecule has 0 saturated heterocycles. The van der Waals surface area contributed by atoms with Gasteiger partial charge in [-0.25, -0.2) is 4.98 Å². The third kappa shape index (κ3) is 6.60. The third-order valence-corrected chi connectivity index (χ3v) is 12.9. The number of imidazole rings is 1. The van der Waals surface area contributed by atoms with Crippen LogP contribution in [0.5, 0.6) is 0 Å². The minimum Gasteiger partial charge on any atom is -0.378 e. The monoisotopic (exact) mass is 816 g/mol. The molecule has 1 N–H and O–H groups in total. The SMILES string of the molecule is CC(C)C(O)(c1ccc2cc(-c3cnn(C(c4ccccc4)(c4ccccc4)c4ccccc4)c3)ccc2c1)c1cn(C(c2ccccc2)(c2ccccc2)c2ccccc2)cn1. The van der Waals surface area contributed by atoms with E-state index in [1.807, 2.05) is 36.9 Å². The minimum atomic E-state index is -1.38. The van der Waals surface area contributed by atoms with Crippen molar-refractivity contribution in [1.29, 1.82) is 0 Å². The molecule has 306 valence electrons. The highest BCUT2D eigenvalue weighted by Crippen LogP contribution is 2.45. The molecule has 1 atom stereocenters. The maximum atomic E-state index is 13.0. The molecule has 0 radical (unpaired) electrons. The first-order valence-electron chi connectivity index (χ1n) is 21.6. The first kappa shape index (κ1) is 39.5. The molecule has 0 fully saturated rings. The van der Waals surface area contributed by atoms with Gasteiger partial charge in [0.15, 0.2) is 0 Å². The molecule has 1 unspecified atom stereocenters. The summed E-state index contributed by atoms with van der Waals surface area (Å²) >= 11 is 0. The van der Waals surface area contributed by atoms with Crippen molar-refractivity contribution < 1.29 is 5.11 Å². The highest BCUT2D eigenvalue weighted by molar-refractivity contribution is 5.88. The van der Waals surface area contributed by atoms with Crippen molar-refractivity contribution >= 4 is 10.8 Å². The Balaban J connectivity index is 1.05. The lowest BCUT2D eigenvalue weighted by molar-refractivity contribution is 0.0279. The van der Waals surface area contributed by atoms with E-state index in [0.717, 1.165) is 60.8 Å². The molecule has 0 saturated carbocycles. The van der Waals surface area contributed by atoms with Crippen LogP contribution >= 0.6 is 0 Å². The second-order valence-electron chi connectivity index (χ2n) is 16.7. The molecule has 0 aliphatic rings. The first-order chi connectivity index (χ1) is 30.9. The average Bonchev–Trinajstić information content (AvgIpc) is 4.06. The van der Waals surface area contributed by atoms with E-state index in [2.05, 4.69) is 229 Å². The molecule has 2 heterocycles. The predicted octanol–water partition coefficient (Wildman–Crippen LogP) is 12.5. The van der Waals surface area contributed by atoms with Gasteiger partial charge in [-0.1, -0.05) is 220 Å². The Morgan fingerprint density at radius 1 is 0.429 bits per heavy atom.